The molecule has 1 atom stereocenters. The SMILES string of the molecule is C=C(C)C(=O)OCC[N+](C)(C)CCOP(=O)([O-])OCC(F)(F)OCF. The van der Waals surface area contributed by atoms with Gasteiger partial charge in [-0.25, -0.2) is 9.18 Å². The summed E-state index contributed by atoms with van der Waals surface area (Å²) >= 11 is 0. The highest BCUT2D eigenvalue weighted by molar-refractivity contribution is 7.45. The lowest BCUT2D eigenvalue weighted by Gasteiger charge is -2.31. The van der Waals surface area contributed by atoms with Crippen LogP contribution in [0.3, 0.4) is 0 Å². The zero-order valence-corrected chi connectivity index (χ0v) is 15.2. The van der Waals surface area contributed by atoms with E-state index in [1.54, 1.807) is 14.1 Å². The number of hydrogen-bond acceptors (Lipinski definition) is 7. The molecule has 0 aromatic rings. The van der Waals surface area contributed by atoms with Crippen molar-refractivity contribution < 1.29 is 50.4 Å². The van der Waals surface area contributed by atoms with Crippen LogP contribution >= 0.6 is 7.82 Å². The third-order valence-corrected chi connectivity index (χ3v) is 3.82. The summed E-state index contributed by atoms with van der Waals surface area (Å²) in [6.45, 7) is 1.71. The minimum Gasteiger partial charge on any atom is -0.756 e. The first-order valence-corrected chi connectivity index (χ1v) is 8.59. The average molecular weight is 393 g/mol. The number of quaternary nitrogens is 1. The molecule has 0 aromatic heterocycles. The van der Waals surface area contributed by atoms with Crippen LogP contribution in [0.1, 0.15) is 6.92 Å². The highest BCUT2D eigenvalue weighted by Gasteiger charge is 2.33. The van der Waals surface area contributed by atoms with E-state index < -0.39 is 33.4 Å². The number of nitrogens with zero attached hydrogens (tertiary/aromatic N) is 1. The topological polar surface area (TPSA) is 94.1 Å². The molecule has 1 unspecified atom stereocenters. The molecule has 0 bridgehead atoms. The molecule has 0 radical (unpaired) electrons. The maximum atomic E-state index is 12.8. The molecule has 8 nitrogen and oxygen atoms in total. The Morgan fingerprint density at radius 1 is 1.24 bits per heavy atom. The standard InChI is InChI=1S/C13H23F3NO7P/c1-11(2)12(18)21-7-5-17(3,4)6-8-23-25(19,20)24-9-13(15,16)22-10-14/h1,5-10H2,2-4H3. The van der Waals surface area contributed by atoms with Gasteiger partial charge < -0.3 is 23.2 Å². The predicted octanol–water partition coefficient (Wildman–Crippen LogP) is 1.22. The van der Waals surface area contributed by atoms with Gasteiger partial charge in [0.05, 0.1) is 14.1 Å². The number of ether oxygens (including phenoxy) is 2. The molecular weight excluding hydrogens is 370 g/mol. The summed E-state index contributed by atoms with van der Waals surface area (Å²) in [6, 6.07) is 0. The van der Waals surface area contributed by atoms with Crippen molar-refractivity contribution in [2.75, 3.05) is 53.9 Å². The average Bonchev–Trinajstić information content (AvgIpc) is 2.44. The van der Waals surface area contributed by atoms with E-state index in [2.05, 4.69) is 20.4 Å². The first-order valence-electron chi connectivity index (χ1n) is 7.13. The van der Waals surface area contributed by atoms with E-state index in [1.807, 2.05) is 0 Å². The Bertz CT molecular complexity index is 502. The molecular formula is C13H23F3NO7P. The van der Waals surface area contributed by atoms with Gasteiger partial charge in [-0.15, -0.1) is 0 Å². The lowest BCUT2D eigenvalue weighted by atomic mass is 10.4. The number of phosphoric acid groups is 1. The second-order valence-corrected chi connectivity index (χ2v) is 7.15. The van der Waals surface area contributed by atoms with Gasteiger partial charge in [0.2, 0.25) is 0 Å². The number of likely N-dealkylation sites (N-methyl/N-ethyl adjacent to an activating group) is 1. The highest BCUT2D eigenvalue weighted by Crippen LogP contribution is 2.39. The molecule has 0 aliphatic carbocycles. The minimum absolute atomic E-state index is 0.0804. The fourth-order valence-electron chi connectivity index (χ4n) is 1.33. The van der Waals surface area contributed by atoms with E-state index in [4.69, 9.17) is 4.74 Å². The van der Waals surface area contributed by atoms with Gasteiger partial charge in [-0.05, 0) is 6.92 Å². The minimum atomic E-state index is -4.99. The first-order chi connectivity index (χ1) is 11.3. The monoisotopic (exact) mass is 393 g/mol. The molecule has 148 valence electrons. The molecule has 0 aliphatic rings. The number of rotatable bonds is 13. The number of alkyl halides is 3. The van der Waals surface area contributed by atoms with Crippen LogP contribution < -0.4 is 4.89 Å². The van der Waals surface area contributed by atoms with Gasteiger partial charge in [-0.3, -0.25) is 9.30 Å². The second-order valence-electron chi connectivity index (χ2n) is 5.74. The Hall–Kier alpha value is -0.970. The fraction of sp³-hybridized carbons (Fsp3) is 0.769. The smallest absolute Gasteiger partial charge is 0.381 e. The Labute approximate surface area is 144 Å². The number of halogens is 3. The van der Waals surface area contributed by atoms with Crippen LogP contribution in [0.5, 0.6) is 0 Å². The molecule has 0 N–H and O–H groups in total. The predicted molar refractivity (Wildman–Crippen MR) is 79.1 cm³/mol. The van der Waals surface area contributed by atoms with Gasteiger partial charge in [-0.1, -0.05) is 6.58 Å². The van der Waals surface area contributed by atoms with Crippen LogP contribution in [0.4, 0.5) is 13.2 Å². The van der Waals surface area contributed by atoms with Gasteiger partial charge in [0.25, 0.3) is 7.82 Å². The van der Waals surface area contributed by atoms with Crippen molar-refractivity contribution in [3.8, 4) is 0 Å². The fourth-order valence-corrected chi connectivity index (χ4v) is 2.02. The van der Waals surface area contributed by atoms with Gasteiger partial charge >= 0.3 is 12.1 Å². The normalized spacial score (nSPS) is 14.8. The molecule has 0 rings (SSSR count). The van der Waals surface area contributed by atoms with Crippen molar-refractivity contribution >= 4 is 13.8 Å². The quantitative estimate of drug-likeness (QED) is 0.201. The van der Waals surface area contributed by atoms with Crippen LogP contribution in [-0.4, -0.2) is 70.4 Å². The lowest BCUT2D eigenvalue weighted by molar-refractivity contribution is -0.890. The lowest BCUT2D eigenvalue weighted by Crippen LogP contribution is -2.45. The largest absolute Gasteiger partial charge is 0.756 e. The van der Waals surface area contributed by atoms with Gasteiger partial charge in [0.1, 0.15) is 32.9 Å². The Balaban J connectivity index is 4.18. The Morgan fingerprint density at radius 3 is 2.32 bits per heavy atom. The molecule has 0 aromatic carbocycles. The number of carbonyl (C=O) groups excluding carboxylic acids is 1. The molecule has 0 fully saturated rings. The van der Waals surface area contributed by atoms with E-state index in [9.17, 15) is 27.4 Å². The zero-order chi connectivity index (χ0) is 19.7. The maximum absolute atomic E-state index is 12.8. The maximum Gasteiger partial charge on any atom is 0.381 e. The van der Waals surface area contributed by atoms with Crippen LogP contribution in [0.25, 0.3) is 0 Å². The Kier molecular flexibility index (Phi) is 9.85. The van der Waals surface area contributed by atoms with Crippen LogP contribution in [0, 0.1) is 0 Å². The summed E-state index contributed by atoms with van der Waals surface area (Å²) in [5.41, 5.74) is 0.256. The number of hydrogen-bond donors (Lipinski definition) is 0. The molecule has 25 heavy (non-hydrogen) atoms. The summed E-state index contributed by atoms with van der Waals surface area (Å²) in [6.07, 6.45) is -4.08. The van der Waals surface area contributed by atoms with E-state index >= 15 is 0 Å². The summed E-state index contributed by atoms with van der Waals surface area (Å²) in [5.74, 6) is -0.537. The van der Waals surface area contributed by atoms with E-state index in [0.29, 0.717) is 6.54 Å². The molecule has 0 amide bonds. The van der Waals surface area contributed by atoms with Crippen molar-refractivity contribution in [2.24, 2.45) is 0 Å². The van der Waals surface area contributed by atoms with Gasteiger partial charge in [0, 0.05) is 5.57 Å². The molecule has 0 heterocycles. The molecule has 12 heteroatoms. The first kappa shape index (κ1) is 24.0. The van der Waals surface area contributed by atoms with Crippen LogP contribution in [-0.2, 0) is 27.9 Å². The highest BCUT2D eigenvalue weighted by atomic mass is 31.2. The van der Waals surface area contributed by atoms with Crippen LogP contribution in [0.15, 0.2) is 12.2 Å². The number of carbonyl (C=O) groups is 1. The van der Waals surface area contributed by atoms with E-state index in [0.717, 1.165) is 0 Å². The molecule has 0 spiro atoms. The summed E-state index contributed by atoms with van der Waals surface area (Å²) in [7, 11) is -1.55. The van der Waals surface area contributed by atoms with Gasteiger partial charge in [0.15, 0.2) is 6.86 Å². The third-order valence-electron chi connectivity index (χ3n) is 2.88. The second kappa shape index (κ2) is 10.2. The van der Waals surface area contributed by atoms with Crippen LogP contribution in [0.2, 0.25) is 0 Å². The summed E-state index contributed by atoms with van der Waals surface area (Å²) in [4.78, 5) is 22.6. The Morgan fingerprint density at radius 2 is 1.80 bits per heavy atom. The van der Waals surface area contributed by atoms with Crippen molar-refractivity contribution in [2.45, 2.75) is 13.0 Å². The van der Waals surface area contributed by atoms with Crippen molar-refractivity contribution in [1.82, 2.24) is 0 Å². The number of phosphoric ester groups is 1. The summed E-state index contributed by atoms with van der Waals surface area (Å²) in [5, 5.41) is 0. The van der Waals surface area contributed by atoms with Crippen molar-refractivity contribution in [3.05, 3.63) is 12.2 Å². The third kappa shape index (κ3) is 12.1. The van der Waals surface area contributed by atoms with E-state index in [1.165, 1.54) is 6.92 Å². The van der Waals surface area contributed by atoms with Crippen molar-refractivity contribution in [1.29, 1.82) is 0 Å². The summed E-state index contributed by atoms with van der Waals surface area (Å²) < 4.78 is 65.5. The number of esters is 1. The van der Waals surface area contributed by atoms with Crippen molar-refractivity contribution in [3.63, 3.8) is 0 Å². The molecule has 0 saturated carbocycles. The van der Waals surface area contributed by atoms with Gasteiger partial charge in [-0.2, -0.15) is 8.78 Å². The van der Waals surface area contributed by atoms with E-state index in [-0.39, 0.29) is 29.8 Å². The molecule has 0 aliphatic heterocycles. The zero-order valence-electron chi connectivity index (χ0n) is 14.3. The molecule has 0 saturated heterocycles.